The van der Waals surface area contributed by atoms with Crippen molar-refractivity contribution >= 4 is 5.97 Å². The minimum atomic E-state index is -0.553. The van der Waals surface area contributed by atoms with Crippen LogP contribution in [0.4, 0.5) is 0 Å². The number of carbonyl (C=O) groups excluding carboxylic acids is 1. The molecule has 0 radical (unpaired) electrons. The summed E-state index contributed by atoms with van der Waals surface area (Å²) in [6.07, 6.45) is 0. The van der Waals surface area contributed by atoms with Crippen LogP contribution in [0.1, 0.15) is 36.3 Å². The summed E-state index contributed by atoms with van der Waals surface area (Å²) in [6, 6.07) is 3.94. The summed E-state index contributed by atoms with van der Waals surface area (Å²) in [6.45, 7) is 10.9. The average Bonchev–Trinajstić information content (AvgIpc) is 2.44. The lowest BCUT2D eigenvalue weighted by Gasteiger charge is -2.17. The number of aryl methyl sites for hydroxylation is 4. The first-order valence-corrected chi connectivity index (χ1v) is 7.83. The van der Waals surface area contributed by atoms with Crippen LogP contribution in [0.15, 0.2) is 21.3 Å². The molecule has 0 saturated heterocycles. The van der Waals surface area contributed by atoms with Gasteiger partial charge in [0.05, 0.1) is 6.61 Å². The molecular formula is C19H22O5. The van der Waals surface area contributed by atoms with Crippen LogP contribution in [0.3, 0.4) is 0 Å². The summed E-state index contributed by atoms with van der Waals surface area (Å²) in [7, 11) is 0. The molecule has 0 atom stereocenters. The number of hydrogen-bond acceptors (Lipinski definition) is 5. The topological polar surface area (TPSA) is 65.7 Å². The second-order valence-corrected chi connectivity index (χ2v) is 5.78. The number of esters is 1. The standard InChI is InChI=1S/C19H22O5/c1-7-22-17-13(5)23-19(21)16(18(17)24-14(6)20)15-11(3)8-10(2)9-12(15)4/h8-9H,7H2,1-6H3. The van der Waals surface area contributed by atoms with Gasteiger partial charge in [-0.1, -0.05) is 17.7 Å². The van der Waals surface area contributed by atoms with Crippen molar-refractivity contribution in [2.75, 3.05) is 6.61 Å². The van der Waals surface area contributed by atoms with E-state index in [0.717, 1.165) is 16.7 Å². The quantitative estimate of drug-likeness (QED) is 0.796. The van der Waals surface area contributed by atoms with Gasteiger partial charge in [0, 0.05) is 6.92 Å². The van der Waals surface area contributed by atoms with Gasteiger partial charge in [0.25, 0.3) is 0 Å². The molecule has 1 aromatic heterocycles. The van der Waals surface area contributed by atoms with E-state index in [1.54, 1.807) is 6.92 Å². The summed E-state index contributed by atoms with van der Waals surface area (Å²) in [5.74, 6) is 0.156. The molecule has 2 aromatic rings. The highest BCUT2D eigenvalue weighted by atomic mass is 16.6. The normalized spacial score (nSPS) is 10.6. The Morgan fingerprint density at radius 3 is 2.12 bits per heavy atom. The third-order valence-corrected chi connectivity index (χ3v) is 3.66. The summed E-state index contributed by atoms with van der Waals surface area (Å²) in [5.41, 5.74) is 3.26. The van der Waals surface area contributed by atoms with Crippen LogP contribution in [-0.4, -0.2) is 12.6 Å². The van der Waals surface area contributed by atoms with Gasteiger partial charge in [0.1, 0.15) is 5.56 Å². The molecule has 0 aliphatic rings. The van der Waals surface area contributed by atoms with Crippen LogP contribution in [0.2, 0.25) is 0 Å². The van der Waals surface area contributed by atoms with E-state index in [9.17, 15) is 9.59 Å². The van der Waals surface area contributed by atoms with Crippen molar-refractivity contribution in [2.45, 2.75) is 41.5 Å². The Labute approximate surface area is 141 Å². The lowest BCUT2D eigenvalue weighted by molar-refractivity contribution is -0.132. The number of rotatable bonds is 4. The Balaban J connectivity index is 2.90. The molecule has 0 unspecified atom stereocenters. The second-order valence-electron chi connectivity index (χ2n) is 5.78. The Hall–Kier alpha value is -2.56. The first kappa shape index (κ1) is 17.8. The SMILES string of the molecule is CCOc1c(C)oc(=O)c(-c2c(C)cc(C)cc2C)c1OC(C)=O. The molecule has 5 nitrogen and oxygen atoms in total. The van der Waals surface area contributed by atoms with Gasteiger partial charge in [-0.05, 0) is 51.3 Å². The maximum atomic E-state index is 12.6. The molecule has 5 heteroatoms. The van der Waals surface area contributed by atoms with Gasteiger partial charge in [-0.2, -0.15) is 0 Å². The summed E-state index contributed by atoms with van der Waals surface area (Å²) in [4.78, 5) is 24.2. The van der Waals surface area contributed by atoms with E-state index < -0.39 is 11.6 Å². The van der Waals surface area contributed by atoms with Crippen LogP contribution in [0.25, 0.3) is 11.1 Å². The van der Waals surface area contributed by atoms with Crippen molar-refractivity contribution in [1.82, 2.24) is 0 Å². The second kappa shape index (κ2) is 6.91. The van der Waals surface area contributed by atoms with Crippen LogP contribution < -0.4 is 15.1 Å². The van der Waals surface area contributed by atoms with Gasteiger partial charge < -0.3 is 13.9 Å². The number of hydrogen-bond donors (Lipinski definition) is 0. The van der Waals surface area contributed by atoms with Crippen LogP contribution in [0, 0.1) is 27.7 Å². The molecule has 2 rings (SSSR count). The maximum absolute atomic E-state index is 12.6. The Morgan fingerprint density at radius 1 is 1.04 bits per heavy atom. The van der Waals surface area contributed by atoms with Crippen LogP contribution in [-0.2, 0) is 4.79 Å². The van der Waals surface area contributed by atoms with E-state index in [2.05, 4.69) is 0 Å². The molecule has 24 heavy (non-hydrogen) atoms. The summed E-state index contributed by atoms with van der Waals surface area (Å²) in [5, 5.41) is 0. The van der Waals surface area contributed by atoms with Gasteiger partial charge in [0.2, 0.25) is 5.75 Å². The number of ether oxygens (including phenoxy) is 2. The van der Waals surface area contributed by atoms with Crippen molar-refractivity contribution in [1.29, 1.82) is 0 Å². The van der Waals surface area contributed by atoms with Crippen molar-refractivity contribution in [3.63, 3.8) is 0 Å². The van der Waals surface area contributed by atoms with E-state index in [1.807, 2.05) is 39.8 Å². The highest BCUT2D eigenvalue weighted by Gasteiger charge is 2.25. The fourth-order valence-corrected chi connectivity index (χ4v) is 2.95. The van der Waals surface area contributed by atoms with Crippen molar-refractivity contribution in [2.24, 2.45) is 0 Å². The molecule has 0 fully saturated rings. The first-order chi connectivity index (χ1) is 11.3. The fourth-order valence-electron chi connectivity index (χ4n) is 2.95. The molecule has 0 saturated carbocycles. The highest BCUT2D eigenvalue weighted by molar-refractivity contribution is 5.81. The molecule has 1 heterocycles. The van der Waals surface area contributed by atoms with Crippen molar-refractivity contribution < 1.29 is 18.7 Å². The molecule has 0 amide bonds. The zero-order valence-corrected chi connectivity index (χ0v) is 14.9. The van der Waals surface area contributed by atoms with E-state index in [-0.39, 0.29) is 22.8 Å². The van der Waals surface area contributed by atoms with E-state index in [0.29, 0.717) is 12.2 Å². The summed E-state index contributed by atoms with van der Waals surface area (Å²) >= 11 is 0. The van der Waals surface area contributed by atoms with Crippen LogP contribution in [0.5, 0.6) is 11.5 Å². The molecule has 0 bridgehead atoms. The minimum absolute atomic E-state index is 0.119. The molecular weight excluding hydrogens is 308 g/mol. The number of carbonyl (C=O) groups is 1. The van der Waals surface area contributed by atoms with Gasteiger partial charge in [-0.3, -0.25) is 4.79 Å². The predicted molar refractivity (Wildman–Crippen MR) is 91.8 cm³/mol. The third kappa shape index (κ3) is 3.35. The zero-order chi connectivity index (χ0) is 18.0. The Kier molecular flexibility index (Phi) is 5.12. The maximum Gasteiger partial charge on any atom is 0.347 e. The van der Waals surface area contributed by atoms with Gasteiger partial charge in [-0.25, -0.2) is 4.79 Å². The Morgan fingerprint density at radius 2 is 1.62 bits per heavy atom. The molecule has 0 N–H and O–H groups in total. The first-order valence-electron chi connectivity index (χ1n) is 7.83. The van der Waals surface area contributed by atoms with Gasteiger partial charge in [0.15, 0.2) is 11.5 Å². The van der Waals surface area contributed by atoms with E-state index >= 15 is 0 Å². The lowest BCUT2D eigenvalue weighted by Crippen LogP contribution is -2.14. The average molecular weight is 330 g/mol. The Bertz CT molecular complexity index is 823. The monoisotopic (exact) mass is 330 g/mol. The smallest absolute Gasteiger partial charge is 0.347 e. The van der Waals surface area contributed by atoms with Crippen molar-refractivity contribution in [3.8, 4) is 22.6 Å². The summed E-state index contributed by atoms with van der Waals surface area (Å²) < 4.78 is 16.3. The molecule has 1 aromatic carbocycles. The predicted octanol–water partition coefficient (Wildman–Crippen LogP) is 3.86. The van der Waals surface area contributed by atoms with Crippen LogP contribution >= 0.6 is 0 Å². The molecule has 128 valence electrons. The zero-order valence-electron chi connectivity index (χ0n) is 14.9. The largest absolute Gasteiger partial charge is 0.487 e. The minimum Gasteiger partial charge on any atom is -0.487 e. The molecule has 0 spiro atoms. The van der Waals surface area contributed by atoms with Crippen molar-refractivity contribution in [3.05, 3.63) is 45.0 Å². The lowest BCUT2D eigenvalue weighted by atomic mass is 9.94. The molecule has 0 aliphatic heterocycles. The number of benzene rings is 1. The van der Waals surface area contributed by atoms with Gasteiger partial charge >= 0.3 is 11.6 Å². The highest BCUT2D eigenvalue weighted by Crippen LogP contribution is 2.40. The van der Waals surface area contributed by atoms with Gasteiger partial charge in [-0.15, -0.1) is 0 Å². The molecule has 0 aliphatic carbocycles. The third-order valence-electron chi connectivity index (χ3n) is 3.66. The van der Waals surface area contributed by atoms with E-state index in [1.165, 1.54) is 6.92 Å². The fraction of sp³-hybridized carbons (Fsp3) is 0.368. The van der Waals surface area contributed by atoms with E-state index in [4.69, 9.17) is 13.9 Å².